The molecular weight excluding hydrogens is 274 g/mol. The molecule has 0 aliphatic carbocycles. The van der Waals surface area contributed by atoms with E-state index < -0.39 is 0 Å². The highest BCUT2D eigenvalue weighted by Gasteiger charge is 2.26. The Kier molecular flexibility index (Phi) is 4.34. The molecule has 2 aromatic heterocycles. The van der Waals surface area contributed by atoms with Crippen molar-refractivity contribution >= 4 is 11.8 Å². The molecule has 1 aliphatic heterocycles. The first-order chi connectivity index (χ1) is 10.6. The lowest BCUT2D eigenvalue weighted by Gasteiger charge is -2.20. The van der Waals surface area contributed by atoms with Crippen molar-refractivity contribution in [3.63, 3.8) is 0 Å². The van der Waals surface area contributed by atoms with Crippen LogP contribution in [0.2, 0.25) is 0 Å². The SMILES string of the molecule is Cc1ccc(Nc2nccc([C@@H]3CCN(C(C)C)C3)n2)nc1. The molecule has 1 fully saturated rings. The summed E-state index contributed by atoms with van der Waals surface area (Å²) in [5.74, 6) is 1.90. The normalized spacial score (nSPS) is 18.8. The maximum Gasteiger partial charge on any atom is 0.228 e. The molecule has 3 rings (SSSR count). The maximum absolute atomic E-state index is 4.68. The van der Waals surface area contributed by atoms with Crippen LogP contribution < -0.4 is 5.32 Å². The highest BCUT2D eigenvalue weighted by molar-refractivity contribution is 5.47. The lowest BCUT2D eigenvalue weighted by Crippen LogP contribution is -2.28. The van der Waals surface area contributed by atoms with Crippen LogP contribution in [-0.4, -0.2) is 39.0 Å². The van der Waals surface area contributed by atoms with Crippen molar-refractivity contribution in [1.29, 1.82) is 0 Å². The van der Waals surface area contributed by atoms with E-state index in [2.05, 4.69) is 39.0 Å². The number of rotatable bonds is 4. The van der Waals surface area contributed by atoms with Crippen LogP contribution in [0.3, 0.4) is 0 Å². The molecule has 0 radical (unpaired) electrons. The van der Waals surface area contributed by atoms with Crippen LogP contribution in [0.4, 0.5) is 11.8 Å². The van der Waals surface area contributed by atoms with Crippen LogP contribution in [0.25, 0.3) is 0 Å². The zero-order valence-electron chi connectivity index (χ0n) is 13.5. The van der Waals surface area contributed by atoms with Gasteiger partial charge in [0.15, 0.2) is 0 Å². The molecule has 2 aromatic rings. The van der Waals surface area contributed by atoms with E-state index in [0.29, 0.717) is 17.9 Å². The van der Waals surface area contributed by atoms with Gasteiger partial charge in [-0.3, -0.25) is 0 Å². The van der Waals surface area contributed by atoms with Gasteiger partial charge in [0.05, 0.1) is 5.69 Å². The van der Waals surface area contributed by atoms with Crippen LogP contribution in [0.15, 0.2) is 30.6 Å². The maximum atomic E-state index is 4.68. The highest BCUT2D eigenvalue weighted by Crippen LogP contribution is 2.27. The lowest BCUT2D eigenvalue weighted by molar-refractivity contribution is 0.272. The summed E-state index contributed by atoms with van der Waals surface area (Å²) < 4.78 is 0. The third-order valence-corrected chi connectivity index (χ3v) is 4.20. The highest BCUT2D eigenvalue weighted by atomic mass is 15.2. The van der Waals surface area contributed by atoms with Gasteiger partial charge in [0.25, 0.3) is 0 Å². The summed E-state index contributed by atoms with van der Waals surface area (Å²) in [5, 5.41) is 3.18. The van der Waals surface area contributed by atoms with Gasteiger partial charge in [-0.2, -0.15) is 0 Å². The molecule has 0 aromatic carbocycles. The van der Waals surface area contributed by atoms with Crippen LogP contribution >= 0.6 is 0 Å². The molecule has 5 heteroatoms. The zero-order chi connectivity index (χ0) is 15.5. The lowest BCUT2D eigenvalue weighted by atomic mass is 10.1. The Balaban J connectivity index is 1.71. The summed E-state index contributed by atoms with van der Waals surface area (Å²) in [4.78, 5) is 15.8. The third kappa shape index (κ3) is 3.42. The van der Waals surface area contributed by atoms with Gasteiger partial charge in [-0.05, 0) is 51.4 Å². The number of aryl methyl sites for hydroxylation is 1. The summed E-state index contributed by atoms with van der Waals surface area (Å²) in [6, 6.07) is 6.60. The number of nitrogens with one attached hydrogen (secondary N) is 1. The molecule has 5 nitrogen and oxygen atoms in total. The first-order valence-corrected chi connectivity index (χ1v) is 7.88. The van der Waals surface area contributed by atoms with Gasteiger partial charge < -0.3 is 10.2 Å². The molecule has 0 amide bonds. The van der Waals surface area contributed by atoms with Gasteiger partial charge in [-0.15, -0.1) is 0 Å². The molecule has 1 saturated heterocycles. The molecule has 0 saturated carbocycles. The largest absolute Gasteiger partial charge is 0.309 e. The predicted molar refractivity (Wildman–Crippen MR) is 88.4 cm³/mol. The molecule has 1 atom stereocenters. The molecule has 0 unspecified atom stereocenters. The van der Waals surface area contributed by atoms with Gasteiger partial charge in [0.1, 0.15) is 5.82 Å². The van der Waals surface area contributed by atoms with Gasteiger partial charge in [0, 0.05) is 30.9 Å². The van der Waals surface area contributed by atoms with Crippen LogP contribution in [0.5, 0.6) is 0 Å². The topological polar surface area (TPSA) is 53.9 Å². The van der Waals surface area contributed by atoms with Crippen molar-refractivity contribution < 1.29 is 0 Å². The summed E-state index contributed by atoms with van der Waals surface area (Å²) in [7, 11) is 0. The van der Waals surface area contributed by atoms with Crippen LogP contribution in [0, 0.1) is 6.92 Å². The van der Waals surface area contributed by atoms with Gasteiger partial charge >= 0.3 is 0 Å². The van der Waals surface area contributed by atoms with E-state index >= 15 is 0 Å². The standard InChI is InChI=1S/C17H23N5/c1-12(2)22-9-7-14(11-22)15-6-8-18-17(20-15)21-16-5-4-13(3)10-19-16/h4-6,8,10,12,14H,7,9,11H2,1-3H3,(H,18,19,20,21)/t14-/m1/s1. The number of hydrogen-bond donors (Lipinski definition) is 1. The summed E-state index contributed by atoms with van der Waals surface area (Å²) in [5.41, 5.74) is 2.26. The van der Waals surface area contributed by atoms with Gasteiger partial charge in [-0.25, -0.2) is 15.0 Å². The molecule has 1 aliphatic rings. The van der Waals surface area contributed by atoms with E-state index in [9.17, 15) is 0 Å². The number of aromatic nitrogens is 3. The van der Waals surface area contributed by atoms with Gasteiger partial charge in [-0.1, -0.05) is 6.07 Å². The number of anilines is 2. The minimum atomic E-state index is 0.497. The van der Waals surface area contributed by atoms with E-state index in [1.54, 1.807) is 0 Å². The molecule has 0 spiro atoms. The quantitative estimate of drug-likeness (QED) is 0.939. The average Bonchev–Trinajstić information content (AvgIpc) is 3.00. The van der Waals surface area contributed by atoms with Crippen molar-refractivity contribution in [3.8, 4) is 0 Å². The average molecular weight is 297 g/mol. The number of likely N-dealkylation sites (tertiary alicyclic amines) is 1. The minimum Gasteiger partial charge on any atom is -0.309 e. The molecular formula is C17H23N5. The Hall–Kier alpha value is -2.01. The van der Waals surface area contributed by atoms with E-state index in [1.807, 2.05) is 37.5 Å². The molecule has 3 heterocycles. The second-order valence-electron chi connectivity index (χ2n) is 6.23. The number of nitrogens with zero attached hydrogens (tertiary/aromatic N) is 4. The van der Waals surface area contributed by atoms with E-state index in [-0.39, 0.29) is 0 Å². The van der Waals surface area contributed by atoms with Crippen molar-refractivity contribution in [1.82, 2.24) is 19.9 Å². The third-order valence-electron chi connectivity index (χ3n) is 4.20. The second kappa shape index (κ2) is 6.40. The summed E-state index contributed by atoms with van der Waals surface area (Å²) >= 11 is 0. The zero-order valence-corrected chi connectivity index (χ0v) is 13.5. The summed E-state index contributed by atoms with van der Waals surface area (Å²) in [6.45, 7) is 8.75. The Morgan fingerprint density at radius 1 is 1.23 bits per heavy atom. The molecule has 116 valence electrons. The predicted octanol–water partition coefficient (Wildman–Crippen LogP) is 3.12. The summed E-state index contributed by atoms with van der Waals surface area (Å²) in [6.07, 6.45) is 4.83. The fourth-order valence-electron chi connectivity index (χ4n) is 2.81. The monoisotopic (exact) mass is 297 g/mol. The van der Waals surface area contributed by atoms with E-state index in [1.165, 1.54) is 0 Å². The van der Waals surface area contributed by atoms with Crippen LogP contribution in [0.1, 0.15) is 37.4 Å². The Bertz CT molecular complexity index is 623. The Morgan fingerprint density at radius 3 is 2.77 bits per heavy atom. The Labute approximate surface area is 131 Å². The van der Waals surface area contributed by atoms with Crippen molar-refractivity contribution in [2.24, 2.45) is 0 Å². The van der Waals surface area contributed by atoms with E-state index in [0.717, 1.165) is 36.6 Å². The second-order valence-corrected chi connectivity index (χ2v) is 6.23. The molecule has 22 heavy (non-hydrogen) atoms. The molecule has 1 N–H and O–H groups in total. The number of hydrogen-bond acceptors (Lipinski definition) is 5. The van der Waals surface area contributed by atoms with E-state index in [4.69, 9.17) is 0 Å². The molecule has 0 bridgehead atoms. The fourth-order valence-corrected chi connectivity index (χ4v) is 2.81. The minimum absolute atomic E-state index is 0.497. The Morgan fingerprint density at radius 2 is 2.09 bits per heavy atom. The smallest absolute Gasteiger partial charge is 0.228 e. The fraction of sp³-hybridized carbons (Fsp3) is 0.471. The van der Waals surface area contributed by atoms with Crippen molar-refractivity contribution in [2.45, 2.75) is 39.2 Å². The van der Waals surface area contributed by atoms with Crippen LogP contribution in [-0.2, 0) is 0 Å². The van der Waals surface area contributed by atoms with Crippen molar-refractivity contribution in [3.05, 3.63) is 41.9 Å². The first kappa shape index (κ1) is 14.9. The van der Waals surface area contributed by atoms with Gasteiger partial charge in [0.2, 0.25) is 5.95 Å². The first-order valence-electron chi connectivity index (χ1n) is 7.88. The number of pyridine rings is 1. The van der Waals surface area contributed by atoms with Crippen molar-refractivity contribution in [2.75, 3.05) is 18.4 Å².